The number of nitrogens with one attached hydrogen (secondary N) is 1. The molecule has 108 valence electrons. The Balaban J connectivity index is 2.21. The number of rotatable bonds is 2. The van der Waals surface area contributed by atoms with Gasteiger partial charge in [0.25, 0.3) is 0 Å². The van der Waals surface area contributed by atoms with Gasteiger partial charge < -0.3 is 5.32 Å². The first-order valence-corrected chi connectivity index (χ1v) is 7.82. The molecule has 1 nitrogen and oxygen atoms in total. The standard InChI is InChI=1S/C20H23N/c1-15-7-3-5-9-18(15)20(17-11-13-21-14-12-17)19-10-6-4-8-16(19)2/h3-10,21H,11-14H2,1-2H3. The van der Waals surface area contributed by atoms with Crippen LogP contribution in [0, 0.1) is 13.8 Å². The predicted octanol–water partition coefficient (Wildman–Crippen LogP) is 4.49. The molecular formula is C20H23N. The topological polar surface area (TPSA) is 12.0 Å². The largest absolute Gasteiger partial charge is 0.316 e. The molecule has 0 spiro atoms. The van der Waals surface area contributed by atoms with Crippen LogP contribution >= 0.6 is 0 Å². The number of aryl methyl sites for hydroxylation is 2. The molecule has 3 rings (SSSR count). The molecular weight excluding hydrogens is 254 g/mol. The van der Waals surface area contributed by atoms with Crippen LogP contribution < -0.4 is 5.32 Å². The summed E-state index contributed by atoms with van der Waals surface area (Å²) in [6, 6.07) is 17.5. The fraction of sp³-hybridized carbons (Fsp3) is 0.300. The Bertz CT molecular complexity index is 612. The maximum atomic E-state index is 3.47. The molecule has 1 heterocycles. The lowest BCUT2D eigenvalue weighted by molar-refractivity contribution is 0.611. The zero-order chi connectivity index (χ0) is 14.7. The van der Waals surface area contributed by atoms with E-state index in [2.05, 4.69) is 67.7 Å². The molecule has 2 aromatic carbocycles. The summed E-state index contributed by atoms with van der Waals surface area (Å²) in [5.41, 5.74) is 8.57. The lowest BCUT2D eigenvalue weighted by Crippen LogP contribution is -2.24. The summed E-state index contributed by atoms with van der Waals surface area (Å²) >= 11 is 0. The van der Waals surface area contributed by atoms with Crippen LogP contribution in [0.2, 0.25) is 0 Å². The minimum absolute atomic E-state index is 1.09. The molecule has 1 saturated heterocycles. The van der Waals surface area contributed by atoms with Gasteiger partial charge in [0, 0.05) is 0 Å². The van der Waals surface area contributed by atoms with Crippen LogP contribution in [0.3, 0.4) is 0 Å². The van der Waals surface area contributed by atoms with Gasteiger partial charge in [0.15, 0.2) is 0 Å². The Morgan fingerprint density at radius 1 is 0.762 bits per heavy atom. The van der Waals surface area contributed by atoms with Crippen molar-refractivity contribution >= 4 is 5.57 Å². The highest BCUT2D eigenvalue weighted by atomic mass is 14.9. The summed E-state index contributed by atoms with van der Waals surface area (Å²) < 4.78 is 0. The van der Waals surface area contributed by atoms with Crippen molar-refractivity contribution in [1.82, 2.24) is 5.32 Å². The maximum absolute atomic E-state index is 3.47. The van der Waals surface area contributed by atoms with Gasteiger partial charge in [0.1, 0.15) is 0 Å². The normalized spacial score (nSPS) is 15.0. The van der Waals surface area contributed by atoms with E-state index in [1.165, 1.54) is 27.8 Å². The summed E-state index contributed by atoms with van der Waals surface area (Å²) in [6.45, 7) is 6.62. The number of hydrogen-bond acceptors (Lipinski definition) is 1. The van der Waals surface area contributed by atoms with Crippen molar-refractivity contribution in [2.24, 2.45) is 0 Å². The van der Waals surface area contributed by atoms with Crippen LogP contribution in [0.15, 0.2) is 54.1 Å². The Morgan fingerprint density at radius 3 is 1.71 bits per heavy atom. The number of hydrogen-bond donors (Lipinski definition) is 1. The highest BCUT2D eigenvalue weighted by Crippen LogP contribution is 2.34. The molecule has 1 heteroatoms. The van der Waals surface area contributed by atoms with E-state index in [4.69, 9.17) is 0 Å². The van der Waals surface area contributed by atoms with Gasteiger partial charge in [-0.25, -0.2) is 0 Å². The molecule has 0 radical (unpaired) electrons. The van der Waals surface area contributed by atoms with Crippen LogP contribution in [0.5, 0.6) is 0 Å². The Morgan fingerprint density at radius 2 is 1.24 bits per heavy atom. The average Bonchev–Trinajstić information content (AvgIpc) is 2.52. The van der Waals surface area contributed by atoms with Crippen molar-refractivity contribution < 1.29 is 0 Å². The van der Waals surface area contributed by atoms with Crippen LogP contribution in [-0.4, -0.2) is 13.1 Å². The van der Waals surface area contributed by atoms with E-state index in [1.807, 2.05) is 0 Å². The van der Waals surface area contributed by atoms with Gasteiger partial charge in [-0.3, -0.25) is 0 Å². The van der Waals surface area contributed by atoms with Crippen LogP contribution in [-0.2, 0) is 0 Å². The van der Waals surface area contributed by atoms with Crippen molar-refractivity contribution in [1.29, 1.82) is 0 Å². The predicted molar refractivity (Wildman–Crippen MR) is 90.5 cm³/mol. The summed E-state index contributed by atoms with van der Waals surface area (Å²) in [7, 11) is 0. The molecule has 1 fully saturated rings. The van der Waals surface area contributed by atoms with Gasteiger partial charge >= 0.3 is 0 Å². The first-order valence-electron chi connectivity index (χ1n) is 7.82. The first-order chi connectivity index (χ1) is 10.3. The highest BCUT2D eigenvalue weighted by molar-refractivity contribution is 5.85. The summed E-state index contributed by atoms with van der Waals surface area (Å²) in [4.78, 5) is 0. The minimum atomic E-state index is 1.09. The van der Waals surface area contributed by atoms with Gasteiger partial charge in [-0.05, 0) is 67.6 Å². The zero-order valence-electron chi connectivity index (χ0n) is 12.9. The second-order valence-corrected chi connectivity index (χ2v) is 5.86. The lowest BCUT2D eigenvalue weighted by atomic mass is 9.85. The zero-order valence-corrected chi connectivity index (χ0v) is 12.9. The van der Waals surface area contributed by atoms with E-state index < -0.39 is 0 Å². The van der Waals surface area contributed by atoms with Crippen LogP contribution in [0.4, 0.5) is 0 Å². The lowest BCUT2D eigenvalue weighted by Gasteiger charge is -2.23. The SMILES string of the molecule is Cc1ccccc1C(=C1CCNCC1)c1ccccc1C. The molecule has 0 aromatic heterocycles. The molecule has 0 aliphatic carbocycles. The van der Waals surface area contributed by atoms with E-state index >= 15 is 0 Å². The number of piperidine rings is 1. The quantitative estimate of drug-likeness (QED) is 0.853. The maximum Gasteiger partial charge on any atom is -0.00111 e. The average molecular weight is 277 g/mol. The third-order valence-corrected chi connectivity index (χ3v) is 4.39. The van der Waals surface area contributed by atoms with Gasteiger partial charge in [-0.1, -0.05) is 54.1 Å². The number of benzene rings is 2. The summed E-state index contributed by atoms with van der Waals surface area (Å²) in [6.07, 6.45) is 2.30. The molecule has 21 heavy (non-hydrogen) atoms. The third-order valence-electron chi connectivity index (χ3n) is 4.39. The van der Waals surface area contributed by atoms with E-state index in [-0.39, 0.29) is 0 Å². The molecule has 2 aromatic rings. The first kappa shape index (κ1) is 14.1. The van der Waals surface area contributed by atoms with Gasteiger partial charge in [-0.15, -0.1) is 0 Å². The van der Waals surface area contributed by atoms with Crippen molar-refractivity contribution in [2.45, 2.75) is 26.7 Å². The third kappa shape index (κ3) is 2.93. The fourth-order valence-electron chi connectivity index (χ4n) is 3.21. The van der Waals surface area contributed by atoms with Crippen molar-refractivity contribution in [3.8, 4) is 0 Å². The van der Waals surface area contributed by atoms with E-state index in [1.54, 1.807) is 5.57 Å². The van der Waals surface area contributed by atoms with Crippen molar-refractivity contribution in [3.63, 3.8) is 0 Å². The monoisotopic (exact) mass is 277 g/mol. The van der Waals surface area contributed by atoms with Crippen molar-refractivity contribution in [3.05, 3.63) is 76.4 Å². The van der Waals surface area contributed by atoms with Crippen molar-refractivity contribution in [2.75, 3.05) is 13.1 Å². The Hall–Kier alpha value is -1.86. The molecule has 0 saturated carbocycles. The Labute approximate surface area is 127 Å². The highest BCUT2D eigenvalue weighted by Gasteiger charge is 2.16. The van der Waals surface area contributed by atoms with Crippen LogP contribution in [0.1, 0.15) is 35.1 Å². The van der Waals surface area contributed by atoms with E-state index in [0.29, 0.717) is 0 Å². The molecule has 1 N–H and O–H groups in total. The molecule has 0 amide bonds. The molecule has 1 aliphatic rings. The molecule has 1 aliphatic heterocycles. The Kier molecular flexibility index (Phi) is 4.21. The second kappa shape index (κ2) is 6.28. The van der Waals surface area contributed by atoms with E-state index in [0.717, 1.165) is 25.9 Å². The van der Waals surface area contributed by atoms with Gasteiger partial charge in [-0.2, -0.15) is 0 Å². The molecule has 0 bridgehead atoms. The van der Waals surface area contributed by atoms with Crippen LogP contribution in [0.25, 0.3) is 5.57 Å². The molecule has 0 unspecified atom stereocenters. The van der Waals surface area contributed by atoms with E-state index in [9.17, 15) is 0 Å². The summed E-state index contributed by atoms with van der Waals surface area (Å²) in [5.74, 6) is 0. The second-order valence-electron chi connectivity index (χ2n) is 5.86. The molecule has 0 atom stereocenters. The summed E-state index contributed by atoms with van der Waals surface area (Å²) in [5, 5.41) is 3.47. The smallest absolute Gasteiger partial charge is 0.00111 e. The van der Waals surface area contributed by atoms with Gasteiger partial charge in [0.05, 0.1) is 0 Å². The fourth-order valence-corrected chi connectivity index (χ4v) is 3.21. The minimum Gasteiger partial charge on any atom is -0.316 e. The van der Waals surface area contributed by atoms with Gasteiger partial charge in [0.2, 0.25) is 0 Å².